The fourth-order valence-electron chi connectivity index (χ4n) is 3.95. The van der Waals surface area contributed by atoms with Crippen LogP contribution in [0.2, 0.25) is 0 Å². The van der Waals surface area contributed by atoms with Crippen molar-refractivity contribution in [2.75, 3.05) is 26.7 Å². The van der Waals surface area contributed by atoms with E-state index in [0.29, 0.717) is 12.0 Å². The number of aromatic nitrogens is 1. The van der Waals surface area contributed by atoms with Crippen LogP contribution in [0.5, 0.6) is 0 Å². The number of carbonyl (C=O) groups excluding carboxylic acids is 1. The molecule has 1 amide bonds. The van der Waals surface area contributed by atoms with Crippen LogP contribution in [0, 0.1) is 11.8 Å². The number of likely N-dealkylation sites (tertiary alicyclic amines) is 2. The Labute approximate surface area is 135 Å². The molecular weight excluding hydrogens is 296 g/mol. The summed E-state index contributed by atoms with van der Waals surface area (Å²) in [6.45, 7) is 4.00. The lowest BCUT2D eigenvalue weighted by Crippen LogP contribution is -2.46. The summed E-state index contributed by atoms with van der Waals surface area (Å²) in [6.07, 6.45) is 5.46. The van der Waals surface area contributed by atoms with Gasteiger partial charge in [-0.1, -0.05) is 0 Å². The molecule has 6 heteroatoms. The van der Waals surface area contributed by atoms with Crippen molar-refractivity contribution in [1.82, 2.24) is 20.1 Å². The van der Waals surface area contributed by atoms with Gasteiger partial charge in [0.25, 0.3) is 0 Å². The van der Waals surface area contributed by atoms with Crippen molar-refractivity contribution in [3.8, 4) is 0 Å². The quantitative estimate of drug-likeness (QED) is 0.885. The molecule has 2 saturated heterocycles. The SMILES string of the molecule is CN1[C@@H]2CN(Cc3nccs3)C[C@@H]2C[C@H]1C(=O)NCC1CC1. The predicted octanol–water partition coefficient (Wildman–Crippen LogP) is 1.17. The first-order valence-electron chi connectivity index (χ1n) is 8.31. The summed E-state index contributed by atoms with van der Waals surface area (Å²) in [6, 6.07) is 0.604. The minimum Gasteiger partial charge on any atom is -0.354 e. The zero-order valence-electron chi connectivity index (χ0n) is 13.1. The van der Waals surface area contributed by atoms with Gasteiger partial charge in [-0.15, -0.1) is 11.3 Å². The van der Waals surface area contributed by atoms with Gasteiger partial charge in [-0.25, -0.2) is 4.98 Å². The minimum absolute atomic E-state index is 0.0794. The van der Waals surface area contributed by atoms with Gasteiger partial charge in [-0.05, 0) is 38.1 Å². The van der Waals surface area contributed by atoms with Crippen LogP contribution in [0.3, 0.4) is 0 Å². The van der Waals surface area contributed by atoms with Gasteiger partial charge in [-0.2, -0.15) is 0 Å². The highest BCUT2D eigenvalue weighted by molar-refractivity contribution is 7.09. The van der Waals surface area contributed by atoms with E-state index >= 15 is 0 Å². The topological polar surface area (TPSA) is 48.5 Å². The third kappa shape index (κ3) is 2.92. The Morgan fingerprint density at radius 3 is 3.00 bits per heavy atom. The lowest BCUT2D eigenvalue weighted by atomic mass is 10.0. The molecule has 0 radical (unpaired) electrons. The molecule has 0 spiro atoms. The monoisotopic (exact) mass is 320 g/mol. The molecule has 1 aromatic rings. The van der Waals surface area contributed by atoms with Crippen molar-refractivity contribution in [2.45, 2.75) is 37.9 Å². The van der Waals surface area contributed by atoms with Gasteiger partial charge in [0, 0.05) is 37.3 Å². The highest BCUT2D eigenvalue weighted by Gasteiger charge is 2.47. The van der Waals surface area contributed by atoms with Crippen LogP contribution in [0.1, 0.15) is 24.3 Å². The lowest BCUT2D eigenvalue weighted by molar-refractivity contribution is -0.125. The number of rotatable bonds is 5. The van der Waals surface area contributed by atoms with Crippen LogP contribution in [0.15, 0.2) is 11.6 Å². The first-order chi connectivity index (χ1) is 10.7. The summed E-state index contributed by atoms with van der Waals surface area (Å²) in [4.78, 5) is 21.6. The van der Waals surface area contributed by atoms with E-state index in [1.807, 2.05) is 11.6 Å². The van der Waals surface area contributed by atoms with E-state index < -0.39 is 0 Å². The Balaban J connectivity index is 1.31. The summed E-state index contributed by atoms with van der Waals surface area (Å²) in [5, 5.41) is 6.39. The van der Waals surface area contributed by atoms with E-state index in [-0.39, 0.29) is 11.9 Å². The third-order valence-electron chi connectivity index (χ3n) is 5.43. The summed E-state index contributed by atoms with van der Waals surface area (Å²) in [7, 11) is 2.12. The standard InChI is InChI=1S/C16H24N4OS/c1-19-13(16(21)18-7-11-2-3-11)6-12-8-20(9-14(12)19)10-15-17-4-5-22-15/h4-5,11-14H,2-3,6-10H2,1H3,(H,18,21)/t12-,13-,14+/m0/s1. The molecule has 2 aliphatic heterocycles. The molecule has 0 unspecified atom stereocenters. The molecule has 22 heavy (non-hydrogen) atoms. The first-order valence-corrected chi connectivity index (χ1v) is 9.19. The number of hydrogen-bond acceptors (Lipinski definition) is 5. The number of fused-ring (bicyclic) bond motifs is 1. The van der Waals surface area contributed by atoms with Crippen molar-refractivity contribution in [1.29, 1.82) is 0 Å². The molecule has 3 fully saturated rings. The molecule has 3 aliphatic rings. The molecule has 4 rings (SSSR count). The predicted molar refractivity (Wildman–Crippen MR) is 86.6 cm³/mol. The zero-order valence-corrected chi connectivity index (χ0v) is 13.9. The van der Waals surface area contributed by atoms with Crippen molar-refractivity contribution < 1.29 is 4.79 Å². The molecule has 120 valence electrons. The van der Waals surface area contributed by atoms with E-state index in [4.69, 9.17) is 0 Å². The number of nitrogens with one attached hydrogen (secondary N) is 1. The Hall–Kier alpha value is -0.980. The second-order valence-corrected chi connectivity index (χ2v) is 8.03. The van der Waals surface area contributed by atoms with Gasteiger partial charge in [0.05, 0.1) is 12.6 Å². The highest BCUT2D eigenvalue weighted by atomic mass is 32.1. The maximum Gasteiger partial charge on any atom is 0.237 e. The molecule has 1 saturated carbocycles. The Morgan fingerprint density at radius 1 is 1.45 bits per heavy atom. The van der Waals surface area contributed by atoms with Crippen LogP contribution >= 0.6 is 11.3 Å². The number of thiazole rings is 1. The third-order valence-corrected chi connectivity index (χ3v) is 6.19. The van der Waals surface area contributed by atoms with Crippen LogP contribution in [-0.4, -0.2) is 59.5 Å². The largest absolute Gasteiger partial charge is 0.354 e. The highest BCUT2D eigenvalue weighted by Crippen LogP contribution is 2.35. The zero-order chi connectivity index (χ0) is 15.1. The van der Waals surface area contributed by atoms with Crippen LogP contribution in [0.25, 0.3) is 0 Å². The second-order valence-electron chi connectivity index (χ2n) is 7.05. The van der Waals surface area contributed by atoms with E-state index in [0.717, 1.165) is 38.5 Å². The van der Waals surface area contributed by atoms with E-state index in [1.165, 1.54) is 17.8 Å². The molecule has 1 aliphatic carbocycles. The molecule has 5 nitrogen and oxygen atoms in total. The Kier molecular flexibility index (Phi) is 3.92. The lowest BCUT2D eigenvalue weighted by Gasteiger charge is -2.25. The second kappa shape index (κ2) is 5.91. The average Bonchev–Trinajstić information content (AvgIpc) is 2.90. The number of likely N-dealkylation sites (N-methyl/N-ethyl adjacent to an activating group) is 1. The molecule has 0 aromatic carbocycles. The number of amides is 1. The van der Waals surface area contributed by atoms with Gasteiger partial charge in [-0.3, -0.25) is 14.6 Å². The number of carbonyl (C=O) groups is 1. The van der Waals surface area contributed by atoms with Crippen molar-refractivity contribution in [3.05, 3.63) is 16.6 Å². The maximum atomic E-state index is 12.4. The Bertz CT molecular complexity index is 530. The van der Waals surface area contributed by atoms with Gasteiger partial charge in [0.15, 0.2) is 0 Å². The molecule has 3 heterocycles. The summed E-state index contributed by atoms with van der Waals surface area (Å²) < 4.78 is 0. The van der Waals surface area contributed by atoms with E-state index in [1.54, 1.807) is 11.3 Å². The van der Waals surface area contributed by atoms with Gasteiger partial charge in [0.2, 0.25) is 5.91 Å². The number of nitrogens with zero attached hydrogens (tertiary/aromatic N) is 3. The molecular formula is C16H24N4OS. The summed E-state index contributed by atoms with van der Waals surface area (Å²) >= 11 is 1.73. The Morgan fingerprint density at radius 2 is 2.32 bits per heavy atom. The van der Waals surface area contributed by atoms with Crippen molar-refractivity contribution in [2.24, 2.45) is 11.8 Å². The van der Waals surface area contributed by atoms with E-state index in [2.05, 4.69) is 27.1 Å². The summed E-state index contributed by atoms with van der Waals surface area (Å²) in [5.41, 5.74) is 0. The summed E-state index contributed by atoms with van der Waals surface area (Å²) in [5.74, 6) is 1.63. The maximum absolute atomic E-state index is 12.4. The first kappa shape index (κ1) is 14.6. The normalized spacial score (nSPS) is 32.3. The number of hydrogen-bond donors (Lipinski definition) is 1. The smallest absolute Gasteiger partial charge is 0.237 e. The van der Waals surface area contributed by atoms with E-state index in [9.17, 15) is 4.79 Å². The molecule has 0 bridgehead atoms. The van der Waals surface area contributed by atoms with Crippen LogP contribution < -0.4 is 5.32 Å². The fraction of sp³-hybridized carbons (Fsp3) is 0.750. The van der Waals surface area contributed by atoms with Crippen molar-refractivity contribution >= 4 is 17.2 Å². The minimum atomic E-state index is 0.0794. The molecule has 3 atom stereocenters. The fourth-order valence-corrected chi connectivity index (χ4v) is 4.60. The van der Waals surface area contributed by atoms with Crippen molar-refractivity contribution in [3.63, 3.8) is 0 Å². The molecule has 1 N–H and O–H groups in total. The van der Waals surface area contributed by atoms with Gasteiger partial charge >= 0.3 is 0 Å². The van der Waals surface area contributed by atoms with Crippen LogP contribution in [-0.2, 0) is 11.3 Å². The average molecular weight is 320 g/mol. The van der Waals surface area contributed by atoms with Gasteiger partial charge < -0.3 is 5.32 Å². The van der Waals surface area contributed by atoms with Crippen LogP contribution in [0.4, 0.5) is 0 Å². The molecule has 1 aromatic heterocycles. The van der Waals surface area contributed by atoms with Gasteiger partial charge in [0.1, 0.15) is 5.01 Å².